The Labute approximate surface area is 178 Å². The second-order valence-corrected chi connectivity index (χ2v) is 8.48. The number of nitrogens with zero attached hydrogens (tertiary/aromatic N) is 3. The maximum Gasteiger partial charge on any atom is 0.511 e. The molecular weight excluding hydrogens is 442 g/mol. The van der Waals surface area contributed by atoms with Gasteiger partial charge in [0.05, 0.1) is 28.7 Å². The first-order valence-corrected chi connectivity index (χ1v) is 10.6. The first kappa shape index (κ1) is 21.8. The van der Waals surface area contributed by atoms with Gasteiger partial charge in [0.1, 0.15) is 5.82 Å². The second kappa shape index (κ2) is 8.23. The molecule has 0 unspecified atom stereocenters. The molecule has 1 N–H and O–H groups in total. The number of halogens is 4. The molecule has 1 aromatic carbocycles. The molecule has 0 atom stereocenters. The zero-order valence-electron chi connectivity index (χ0n) is 16.2. The molecule has 2 heterocycles. The Morgan fingerprint density at radius 3 is 2.45 bits per heavy atom. The fraction of sp³-hybridized carbons (Fsp3) is 0.474. The second-order valence-electron chi connectivity index (χ2n) is 7.47. The van der Waals surface area contributed by atoms with Crippen molar-refractivity contribution in [2.45, 2.75) is 24.4 Å². The van der Waals surface area contributed by atoms with E-state index in [-0.39, 0.29) is 40.5 Å². The van der Waals surface area contributed by atoms with Crippen LogP contribution < -0.4 is 15.1 Å². The number of piperazine rings is 1. The lowest BCUT2D eigenvalue weighted by molar-refractivity contribution is -0.0335. The van der Waals surface area contributed by atoms with Crippen LogP contribution in [-0.4, -0.2) is 58.3 Å². The maximum absolute atomic E-state index is 14.9. The lowest BCUT2D eigenvalue weighted by atomic mass is 10.1. The summed E-state index contributed by atoms with van der Waals surface area (Å²) in [6.45, 7) is 1.38. The van der Waals surface area contributed by atoms with Gasteiger partial charge in [0.2, 0.25) is 5.43 Å². The minimum atomic E-state index is -4.29. The van der Waals surface area contributed by atoms with Crippen molar-refractivity contribution in [3.8, 4) is 5.75 Å². The highest BCUT2D eigenvalue weighted by molar-refractivity contribution is 8.00. The van der Waals surface area contributed by atoms with E-state index in [2.05, 4.69) is 4.74 Å². The Morgan fingerprint density at radius 2 is 1.87 bits per heavy atom. The van der Waals surface area contributed by atoms with Gasteiger partial charge in [-0.2, -0.15) is 13.2 Å². The SMILES string of the molecule is O=C(O)Oc1cn(C2CC2)c2cc(N3CCN(CSC(F)(F)F)CC3)c(F)cc2c1=O. The van der Waals surface area contributed by atoms with Gasteiger partial charge in [0, 0.05) is 32.2 Å². The van der Waals surface area contributed by atoms with Crippen molar-refractivity contribution in [2.75, 3.05) is 37.0 Å². The summed E-state index contributed by atoms with van der Waals surface area (Å²) in [5.41, 5.74) is -4.28. The number of alkyl halides is 3. The van der Waals surface area contributed by atoms with Crippen molar-refractivity contribution in [1.82, 2.24) is 9.47 Å². The number of aromatic nitrogens is 1. The van der Waals surface area contributed by atoms with Crippen molar-refractivity contribution < 1.29 is 32.2 Å². The van der Waals surface area contributed by atoms with E-state index in [9.17, 15) is 27.2 Å². The smallest absolute Gasteiger partial charge is 0.449 e. The van der Waals surface area contributed by atoms with Crippen molar-refractivity contribution >= 4 is 34.5 Å². The molecule has 31 heavy (non-hydrogen) atoms. The molecule has 1 aliphatic heterocycles. The van der Waals surface area contributed by atoms with Crippen molar-refractivity contribution in [2.24, 2.45) is 0 Å². The Balaban J connectivity index is 1.61. The molecule has 2 aromatic rings. The van der Waals surface area contributed by atoms with Crippen molar-refractivity contribution in [3.05, 3.63) is 34.4 Å². The largest absolute Gasteiger partial charge is 0.511 e. The monoisotopic (exact) mass is 461 g/mol. The summed E-state index contributed by atoms with van der Waals surface area (Å²) < 4.78 is 58.4. The third kappa shape index (κ3) is 4.90. The number of carbonyl (C=O) groups is 1. The quantitative estimate of drug-likeness (QED) is 0.535. The van der Waals surface area contributed by atoms with Crippen molar-refractivity contribution in [3.63, 3.8) is 0 Å². The summed E-state index contributed by atoms with van der Waals surface area (Å²) in [7, 11) is 0. The molecule has 2 fully saturated rings. The molecule has 168 valence electrons. The van der Waals surface area contributed by atoms with Crippen molar-refractivity contribution in [1.29, 1.82) is 0 Å². The summed E-state index contributed by atoms with van der Waals surface area (Å²) in [5, 5.41) is 8.88. The summed E-state index contributed by atoms with van der Waals surface area (Å²) >= 11 is -0.0971. The molecule has 0 radical (unpaired) electrons. The van der Waals surface area contributed by atoms with Gasteiger partial charge in [-0.25, -0.2) is 9.18 Å². The third-order valence-corrected chi connectivity index (χ3v) is 6.15. The number of rotatable bonds is 5. The summed E-state index contributed by atoms with van der Waals surface area (Å²) in [5.74, 6) is -1.21. The molecule has 2 aliphatic rings. The zero-order chi connectivity index (χ0) is 22.3. The number of hydrogen-bond acceptors (Lipinski definition) is 6. The predicted molar refractivity (Wildman–Crippen MR) is 107 cm³/mol. The lowest BCUT2D eigenvalue weighted by Crippen LogP contribution is -2.46. The molecule has 12 heteroatoms. The number of ether oxygens (including phenoxy) is 1. The third-order valence-electron chi connectivity index (χ3n) is 5.33. The zero-order valence-corrected chi connectivity index (χ0v) is 17.0. The normalized spacial score (nSPS) is 17.9. The summed E-state index contributed by atoms with van der Waals surface area (Å²) in [4.78, 5) is 26.9. The number of benzene rings is 1. The minimum absolute atomic E-state index is 0.0205. The molecule has 4 rings (SSSR count). The molecule has 7 nitrogen and oxygen atoms in total. The topological polar surface area (TPSA) is 75.0 Å². The fourth-order valence-electron chi connectivity index (χ4n) is 3.68. The number of carboxylic acid groups (broad SMARTS) is 1. The number of pyridine rings is 1. The van der Waals surface area contributed by atoms with E-state index in [4.69, 9.17) is 5.11 Å². The standard InChI is InChI=1S/C19H19F4N3O4S/c20-13-7-12-14(26(11-1-2-11)9-16(17(12)27)30-18(28)29)8-15(13)25-5-3-24(4-6-25)10-31-19(21,22)23/h7-9,11H,1-6,10H2,(H,28,29). The van der Waals surface area contributed by atoms with Gasteiger partial charge in [-0.05, 0) is 36.7 Å². The molecule has 1 aromatic heterocycles. The van der Waals surface area contributed by atoms with Crippen LogP contribution in [0, 0.1) is 5.82 Å². The average Bonchev–Trinajstić information content (AvgIpc) is 3.53. The fourth-order valence-corrected chi connectivity index (χ4v) is 4.27. The highest BCUT2D eigenvalue weighted by atomic mass is 32.2. The Kier molecular flexibility index (Phi) is 5.77. The van der Waals surface area contributed by atoms with E-state index in [1.807, 2.05) is 0 Å². The van der Waals surface area contributed by atoms with E-state index >= 15 is 0 Å². The van der Waals surface area contributed by atoms with Gasteiger partial charge in [0.25, 0.3) is 0 Å². The van der Waals surface area contributed by atoms with E-state index < -0.39 is 22.9 Å². The molecule has 0 bridgehead atoms. The van der Waals surface area contributed by atoms with Crippen LogP contribution in [-0.2, 0) is 0 Å². The lowest BCUT2D eigenvalue weighted by Gasteiger charge is -2.36. The van der Waals surface area contributed by atoms with Gasteiger partial charge < -0.3 is 19.3 Å². The van der Waals surface area contributed by atoms with Crippen LogP contribution in [0.5, 0.6) is 5.75 Å². The van der Waals surface area contributed by atoms with Crippen LogP contribution in [0.1, 0.15) is 18.9 Å². The van der Waals surface area contributed by atoms with Crippen LogP contribution in [0.3, 0.4) is 0 Å². The van der Waals surface area contributed by atoms with E-state index in [0.29, 0.717) is 31.7 Å². The molecule has 0 amide bonds. The average molecular weight is 461 g/mol. The van der Waals surface area contributed by atoms with Gasteiger partial charge in [0.15, 0.2) is 5.75 Å². The Bertz CT molecular complexity index is 1060. The molecule has 1 saturated carbocycles. The van der Waals surface area contributed by atoms with E-state index in [1.165, 1.54) is 6.20 Å². The van der Waals surface area contributed by atoms with Crippen LogP contribution in [0.2, 0.25) is 0 Å². The van der Waals surface area contributed by atoms with Gasteiger partial charge >= 0.3 is 11.7 Å². The highest BCUT2D eigenvalue weighted by Crippen LogP contribution is 2.39. The minimum Gasteiger partial charge on any atom is -0.449 e. The summed E-state index contributed by atoms with van der Waals surface area (Å²) in [6, 6.07) is 2.69. The summed E-state index contributed by atoms with van der Waals surface area (Å²) in [6.07, 6.45) is 1.39. The van der Waals surface area contributed by atoms with E-state index in [1.54, 1.807) is 20.4 Å². The first-order valence-electron chi connectivity index (χ1n) is 9.59. The number of anilines is 1. The number of thioether (sulfide) groups is 1. The Morgan fingerprint density at radius 1 is 1.19 bits per heavy atom. The van der Waals surface area contributed by atoms with Gasteiger partial charge in [-0.3, -0.25) is 9.69 Å². The van der Waals surface area contributed by atoms with Gasteiger partial charge in [-0.1, -0.05) is 0 Å². The predicted octanol–water partition coefficient (Wildman–Crippen LogP) is 3.86. The van der Waals surface area contributed by atoms with Crippen LogP contribution in [0.15, 0.2) is 23.1 Å². The van der Waals surface area contributed by atoms with Crippen LogP contribution in [0.4, 0.5) is 28.0 Å². The molecule has 0 spiro atoms. The first-order chi connectivity index (χ1) is 14.6. The highest BCUT2D eigenvalue weighted by Gasteiger charge is 2.31. The van der Waals surface area contributed by atoms with Gasteiger partial charge in [-0.15, -0.1) is 0 Å². The number of fused-ring (bicyclic) bond motifs is 1. The molecule has 1 aliphatic carbocycles. The maximum atomic E-state index is 14.9. The molecule has 1 saturated heterocycles. The van der Waals surface area contributed by atoms with Crippen LogP contribution in [0.25, 0.3) is 10.9 Å². The number of hydrogen-bond donors (Lipinski definition) is 1. The van der Waals surface area contributed by atoms with Crippen LogP contribution >= 0.6 is 11.8 Å². The molecular formula is C19H19F4N3O4S. The Hall–Kier alpha value is -2.47. The van der Waals surface area contributed by atoms with E-state index in [0.717, 1.165) is 18.9 Å².